The maximum absolute atomic E-state index is 11.4. The molecule has 5 aromatic carbocycles. The highest BCUT2D eigenvalue weighted by Crippen LogP contribution is 2.28. The number of phenols is 1. The smallest absolute Gasteiger partial charge is 0.159 e. The van der Waals surface area contributed by atoms with Crippen LogP contribution in [0.15, 0.2) is 119 Å². The number of phenolic OH excluding ortho intramolecular Hbond substituents is 1. The molecule has 0 aliphatic rings. The summed E-state index contributed by atoms with van der Waals surface area (Å²) in [6.45, 7) is 9.04. The lowest BCUT2D eigenvalue weighted by atomic mass is 9.99. The van der Waals surface area contributed by atoms with Crippen LogP contribution in [0.5, 0.6) is 5.75 Å². The van der Waals surface area contributed by atoms with Gasteiger partial charge in [-0.3, -0.25) is 9.59 Å². The van der Waals surface area contributed by atoms with E-state index >= 15 is 0 Å². The fraction of sp³-hybridized carbons (Fsp3) is 0.200. The Kier molecular flexibility index (Phi) is 11.3. The Morgan fingerprint density at radius 3 is 1.32 bits per heavy atom. The summed E-state index contributed by atoms with van der Waals surface area (Å²) in [6.07, 6.45) is 2.88. The maximum atomic E-state index is 11.4. The van der Waals surface area contributed by atoms with Crippen molar-refractivity contribution in [3.05, 3.63) is 159 Å². The van der Waals surface area contributed by atoms with E-state index in [2.05, 4.69) is 48.5 Å². The van der Waals surface area contributed by atoms with E-state index in [0.717, 1.165) is 46.4 Å². The summed E-state index contributed by atoms with van der Waals surface area (Å²) in [5, 5.41) is 9.33. The quantitative estimate of drug-likeness (QED) is 0.171. The molecule has 5 aromatic rings. The molecule has 4 heteroatoms. The van der Waals surface area contributed by atoms with E-state index in [0.29, 0.717) is 5.75 Å². The fourth-order valence-corrected chi connectivity index (χ4v) is 5.81. The molecule has 0 saturated heterocycles. The number of hydrogen-bond donors (Lipinski definition) is 1. The molecular weight excluding hydrogens is 561 g/mol. The largest absolute Gasteiger partial charge is 0.507 e. The number of aryl methyl sites for hydroxylation is 5. The van der Waals surface area contributed by atoms with Gasteiger partial charge < -0.3 is 5.11 Å². The van der Waals surface area contributed by atoms with E-state index in [1.54, 1.807) is 25.6 Å². The lowest BCUT2D eigenvalue weighted by Gasteiger charge is -2.07. The van der Waals surface area contributed by atoms with Gasteiger partial charge in [-0.1, -0.05) is 102 Å². The normalized spacial score (nSPS) is 10.6. The molecule has 0 aromatic heterocycles. The maximum Gasteiger partial charge on any atom is 0.159 e. The Morgan fingerprint density at radius 1 is 0.545 bits per heavy atom. The Balaban J connectivity index is 0.000000375. The number of carbonyl (C=O) groups is 2. The molecule has 5 rings (SSSR count). The second-order valence-corrected chi connectivity index (χ2v) is 12.5. The first-order valence-electron chi connectivity index (χ1n) is 14.9. The summed E-state index contributed by atoms with van der Waals surface area (Å²) >= 11 is 1.71. The summed E-state index contributed by atoms with van der Waals surface area (Å²) in [5.41, 5.74) is 9.76. The standard InChI is InChI=1S/C31H28O2S.C9H12O/c1-22(32)28-13-9-27(10-14-28)21-26-7-5-24(6-8-26)3-4-25-11-17-30(18-12-25)34-31-19-15-29(16-20-31)23(2)33;1-6-4-7(2)9(10)8(3)5-6/h5-20H,3-4,21H2,1-2H3;4-5,10H,1-3H3. The van der Waals surface area contributed by atoms with Gasteiger partial charge in [-0.2, -0.15) is 0 Å². The molecule has 0 saturated carbocycles. The van der Waals surface area contributed by atoms with E-state index in [1.165, 1.54) is 32.7 Å². The minimum atomic E-state index is 0.0935. The molecule has 1 N–H and O–H groups in total. The van der Waals surface area contributed by atoms with Gasteiger partial charge in [-0.05, 0) is 112 Å². The third-order valence-corrected chi connectivity index (χ3v) is 8.57. The molecular formula is C40H40O3S. The summed E-state index contributed by atoms with van der Waals surface area (Å²) in [4.78, 5) is 25.2. The highest BCUT2D eigenvalue weighted by Gasteiger charge is 2.04. The van der Waals surface area contributed by atoms with Crippen molar-refractivity contribution in [2.45, 2.75) is 63.7 Å². The number of Topliss-reactive ketones (excluding diaryl/α,β-unsaturated/α-hetero) is 2. The minimum Gasteiger partial charge on any atom is -0.507 e. The molecule has 0 aliphatic carbocycles. The predicted molar refractivity (Wildman–Crippen MR) is 182 cm³/mol. The van der Waals surface area contributed by atoms with Gasteiger partial charge in [0.15, 0.2) is 11.6 Å². The number of aromatic hydroxyl groups is 1. The molecule has 0 unspecified atom stereocenters. The van der Waals surface area contributed by atoms with Gasteiger partial charge >= 0.3 is 0 Å². The zero-order valence-electron chi connectivity index (χ0n) is 26.2. The van der Waals surface area contributed by atoms with Gasteiger partial charge in [-0.15, -0.1) is 0 Å². The van der Waals surface area contributed by atoms with Gasteiger partial charge in [0.25, 0.3) is 0 Å². The highest BCUT2D eigenvalue weighted by molar-refractivity contribution is 7.99. The Morgan fingerprint density at radius 2 is 0.886 bits per heavy atom. The van der Waals surface area contributed by atoms with Crippen LogP contribution >= 0.6 is 11.8 Å². The van der Waals surface area contributed by atoms with Crippen molar-refractivity contribution in [2.24, 2.45) is 0 Å². The zero-order valence-corrected chi connectivity index (χ0v) is 27.0. The van der Waals surface area contributed by atoms with E-state index in [4.69, 9.17) is 0 Å². The average molecular weight is 601 g/mol. The van der Waals surface area contributed by atoms with E-state index in [-0.39, 0.29) is 11.6 Å². The topological polar surface area (TPSA) is 54.4 Å². The van der Waals surface area contributed by atoms with Crippen molar-refractivity contribution in [3.8, 4) is 5.75 Å². The number of benzene rings is 5. The molecule has 44 heavy (non-hydrogen) atoms. The predicted octanol–water partition coefficient (Wildman–Crippen LogP) is 9.94. The van der Waals surface area contributed by atoms with Crippen LogP contribution in [-0.2, 0) is 19.3 Å². The number of ketones is 2. The molecule has 0 atom stereocenters. The van der Waals surface area contributed by atoms with Crippen LogP contribution in [0.4, 0.5) is 0 Å². The second-order valence-electron chi connectivity index (χ2n) is 11.3. The zero-order chi connectivity index (χ0) is 31.6. The van der Waals surface area contributed by atoms with Crippen LogP contribution in [0, 0.1) is 20.8 Å². The molecule has 3 nitrogen and oxygen atoms in total. The fourth-order valence-electron chi connectivity index (χ4n) is 5.00. The van der Waals surface area contributed by atoms with Gasteiger partial charge in [0.05, 0.1) is 0 Å². The van der Waals surface area contributed by atoms with E-state index in [1.807, 2.05) is 81.4 Å². The summed E-state index contributed by atoms with van der Waals surface area (Å²) in [6, 6.07) is 37.2. The first kappa shape index (κ1) is 32.5. The van der Waals surface area contributed by atoms with Gasteiger partial charge in [-0.25, -0.2) is 0 Å². The first-order valence-corrected chi connectivity index (χ1v) is 15.7. The summed E-state index contributed by atoms with van der Waals surface area (Å²) < 4.78 is 0. The monoisotopic (exact) mass is 600 g/mol. The number of hydrogen-bond acceptors (Lipinski definition) is 4. The second kappa shape index (κ2) is 15.4. The van der Waals surface area contributed by atoms with Crippen LogP contribution in [0.1, 0.15) is 73.5 Å². The van der Waals surface area contributed by atoms with Crippen molar-refractivity contribution >= 4 is 23.3 Å². The summed E-state index contributed by atoms with van der Waals surface area (Å²) in [5.74, 6) is 0.617. The molecule has 0 fully saturated rings. The Labute approximate surface area is 266 Å². The lowest BCUT2D eigenvalue weighted by molar-refractivity contribution is 0.100. The molecule has 0 spiro atoms. The molecule has 224 valence electrons. The van der Waals surface area contributed by atoms with Crippen LogP contribution in [0.3, 0.4) is 0 Å². The Bertz CT molecular complexity index is 1570. The summed E-state index contributed by atoms with van der Waals surface area (Å²) in [7, 11) is 0. The number of rotatable bonds is 9. The van der Waals surface area contributed by atoms with E-state index in [9.17, 15) is 14.7 Å². The molecule has 0 bridgehead atoms. The van der Waals surface area contributed by atoms with Crippen LogP contribution in [0.2, 0.25) is 0 Å². The first-order chi connectivity index (χ1) is 21.1. The van der Waals surface area contributed by atoms with Crippen molar-refractivity contribution in [3.63, 3.8) is 0 Å². The lowest BCUT2D eigenvalue weighted by Crippen LogP contribution is -1.95. The average Bonchev–Trinajstić information content (AvgIpc) is 3.01. The van der Waals surface area contributed by atoms with Crippen molar-refractivity contribution in [1.29, 1.82) is 0 Å². The highest BCUT2D eigenvalue weighted by atomic mass is 32.2. The van der Waals surface area contributed by atoms with E-state index < -0.39 is 0 Å². The third kappa shape index (κ3) is 9.55. The molecule has 0 aliphatic heterocycles. The third-order valence-electron chi connectivity index (χ3n) is 7.55. The van der Waals surface area contributed by atoms with Crippen molar-refractivity contribution in [2.75, 3.05) is 0 Å². The van der Waals surface area contributed by atoms with Crippen LogP contribution in [-0.4, -0.2) is 16.7 Å². The minimum absolute atomic E-state index is 0.0935. The Hall–Kier alpha value is -4.41. The van der Waals surface area contributed by atoms with Gasteiger partial charge in [0.1, 0.15) is 5.75 Å². The molecule has 0 radical (unpaired) electrons. The number of carbonyl (C=O) groups excluding carboxylic acids is 2. The van der Waals surface area contributed by atoms with Crippen molar-refractivity contribution < 1.29 is 14.7 Å². The molecule has 0 amide bonds. The van der Waals surface area contributed by atoms with Crippen molar-refractivity contribution in [1.82, 2.24) is 0 Å². The van der Waals surface area contributed by atoms with Gasteiger partial charge in [0, 0.05) is 20.9 Å². The van der Waals surface area contributed by atoms with Gasteiger partial charge in [0.2, 0.25) is 0 Å². The van der Waals surface area contributed by atoms with Crippen LogP contribution in [0.25, 0.3) is 0 Å². The molecule has 0 heterocycles. The SMILES string of the molecule is CC(=O)c1ccc(Cc2ccc(CCc3ccc(Sc4ccc(C(C)=O)cc4)cc3)cc2)cc1.Cc1cc(C)c(O)c(C)c1. The van der Waals surface area contributed by atoms with Crippen LogP contribution < -0.4 is 0 Å².